The van der Waals surface area contributed by atoms with E-state index >= 15 is 0 Å². The molecule has 7 heteroatoms. The second-order valence-corrected chi connectivity index (χ2v) is 11.9. The van der Waals surface area contributed by atoms with E-state index in [9.17, 15) is 0 Å². The fraction of sp³-hybridized carbons (Fsp3) is 0.103. The minimum absolute atomic E-state index is 0.411. The van der Waals surface area contributed by atoms with Crippen LogP contribution in [-0.2, 0) is 11.4 Å². The Kier molecular flexibility index (Phi) is 6.43. The van der Waals surface area contributed by atoms with E-state index in [-0.39, 0.29) is 0 Å². The van der Waals surface area contributed by atoms with Gasteiger partial charge in [-0.05, 0) is 73.5 Å². The highest BCUT2D eigenvalue weighted by molar-refractivity contribution is 7.58. The van der Waals surface area contributed by atoms with Gasteiger partial charge in [-0.2, -0.15) is 8.73 Å². The lowest BCUT2D eigenvalue weighted by molar-refractivity contribution is 0.370. The van der Waals surface area contributed by atoms with Gasteiger partial charge < -0.3 is 4.74 Å². The summed E-state index contributed by atoms with van der Waals surface area (Å²) in [5.74, 6) is 6.60. The van der Waals surface area contributed by atoms with Crippen LogP contribution in [-0.4, -0.2) is 6.61 Å². The Morgan fingerprint density at radius 2 is 1.19 bits per heavy atom. The predicted octanol–water partition coefficient (Wildman–Crippen LogP) is 9.98. The number of nitrogens with zero attached hydrogens (tertiary/aromatic N) is 2. The molecule has 176 valence electrons. The fourth-order valence-electron chi connectivity index (χ4n) is 3.87. The normalized spacial score (nSPS) is 11.6. The number of hydrogen-bond donors (Lipinski definition) is 0. The highest BCUT2D eigenvalue weighted by Crippen LogP contribution is 2.56. The van der Waals surface area contributed by atoms with Gasteiger partial charge in [0.05, 0.1) is 21.1 Å². The van der Waals surface area contributed by atoms with Crippen molar-refractivity contribution >= 4 is 56.7 Å². The first-order chi connectivity index (χ1) is 17.7. The number of fused-ring (bicyclic) bond motifs is 1. The predicted molar refractivity (Wildman–Crippen MR) is 157 cm³/mol. The molecule has 0 unspecified atom stereocenters. The van der Waals surface area contributed by atoms with Gasteiger partial charge in [-0.3, -0.25) is 0 Å². The maximum Gasteiger partial charge on any atom is 0.149 e. The van der Waals surface area contributed by atoms with Crippen LogP contribution in [0.2, 0.25) is 0 Å². The lowest BCUT2D eigenvalue weighted by atomic mass is 10.1. The summed E-state index contributed by atoms with van der Waals surface area (Å²) in [7, 11) is 0. The fourth-order valence-corrected chi connectivity index (χ4v) is 7.97. The number of rotatable bonds is 6. The van der Waals surface area contributed by atoms with Crippen LogP contribution in [0.4, 0.5) is 11.4 Å². The summed E-state index contributed by atoms with van der Waals surface area (Å²) in [4.78, 5) is 7.32. The molecule has 3 nitrogen and oxygen atoms in total. The van der Waals surface area contributed by atoms with Gasteiger partial charge in [0, 0.05) is 19.5 Å². The molecule has 0 bridgehead atoms. The number of benzene rings is 2. The Balaban J connectivity index is 1.29. The van der Waals surface area contributed by atoms with Gasteiger partial charge in [0.15, 0.2) is 0 Å². The molecule has 2 aromatic carbocycles. The van der Waals surface area contributed by atoms with Gasteiger partial charge in [-0.1, -0.05) is 35.7 Å². The molecule has 1 aliphatic heterocycles. The molecule has 0 N–H and O–H groups in total. The Labute approximate surface area is 226 Å². The van der Waals surface area contributed by atoms with Crippen molar-refractivity contribution in [1.29, 1.82) is 0 Å². The molecule has 0 aliphatic carbocycles. The molecular formula is C29H20N2OS4. The van der Waals surface area contributed by atoms with Crippen LogP contribution in [0.15, 0.2) is 81.5 Å². The molecule has 0 fully saturated rings. The summed E-state index contributed by atoms with van der Waals surface area (Å²) in [5.41, 5.74) is 5.70. The van der Waals surface area contributed by atoms with Gasteiger partial charge in [0.25, 0.3) is 0 Å². The molecule has 0 amide bonds. The lowest BCUT2D eigenvalue weighted by Gasteiger charge is -2.03. The van der Waals surface area contributed by atoms with Crippen molar-refractivity contribution in [2.45, 2.75) is 13.8 Å². The van der Waals surface area contributed by atoms with E-state index in [2.05, 4.69) is 88.2 Å². The standard InChI is InChI=1S/C29H20N2OS4/c1-3-4-17-32-21-11-9-20(10-12-21)23-14-16-25(34-23)29-27-26(30-36-31-27)28(35-29)24-15-13-22(33-24)19-7-5-18(2)6-8-19/h5-16H,17H2,1-2H3. The van der Waals surface area contributed by atoms with Crippen molar-refractivity contribution in [2.75, 3.05) is 6.61 Å². The van der Waals surface area contributed by atoms with Crippen molar-refractivity contribution in [3.05, 3.63) is 78.4 Å². The number of thiophene rings is 3. The van der Waals surface area contributed by atoms with Crippen LogP contribution in [0.5, 0.6) is 5.75 Å². The van der Waals surface area contributed by atoms with Gasteiger partial charge >= 0.3 is 0 Å². The Hall–Kier alpha value is -3.28. The topological polar surface area (TPSA) is 34.0 Å². The highest BCUT2D eigenvalue weighted by atomic mass is 32.1. The van der Waals surface area contributed by atoms with Crippen molar-refractivity contribution in [1.82, 2.24) is 0 Å². The molecule has 5 aromatic rings. The second kappa shape index (κ2) is 10.00. The molecule has 1 aliphatic rings. The van der Waals surface area contributed by atoms with E-state index in [4.69, 9.17) is 4.74 Å². The van der Waals surface area contributed by atoms with E-state index in [1.807, 2.05) is 30.4 Å². The molecule has 0 saturated heterocycles. The molecule has 0 radical (unpaired) electrons. The van der Waals surface area contributed by atoms with Crippen molar-refractivity contribution < 1.29 is 4.74 Å². The van der Waals surface area contributed by atoms with Crippen LogP contribution in [0.1, 0.15) is 12.5 Å². The van der Waals surface area contributed by atoms with Crippen LogP contribution in [0.3, 0.4) is 0 Å². The Morgan fingerprint density at radius 1 is 0.667 bits per heavy atom. The molecule has 0 saturated carbocycles. The molecule has 3 aromatic heterocycles. The zero-order valence-electron chi connectivity index (χ0n) is 19.6. The molecular weight excluding hydrogens is 521 g/mol. The number of hydrogen-bond acceptors (Lipinski definition) is 6. The van der Waals surface area contributed by atoms with Crippen LogP contribution in [0.25, 0.3) is 40.4 Å². The second-order valence-electron chi connectivity index (χ2n) is 8.16. The van der Waals surface area contributed by atoms with E-state index in [0.29, 0.717) is 6.61 Å². The third-order valence-electron chi connectivity index (χ3n) is 5.75. The quantitative estimate of drug-likeness (QED) is 0.194. The van der Waals surface area contributed by atoms with Crippen LogP contribution >= 0.6 is 34.0 Å². The van der Waals surface area contributed by atoms with Gasteiger partial charge in [0.1, 0.15) is 23.7 Å². The summed E-state index contributed by atoms with van der Waals surface area (Å²) in [6.45, 7) is 4.34. The average Bonchev–Trinajstić information content (AvgIpc) is 3.69. The van der Waals surface area contributed by atoms with E-state index in [0.717, 1.165) is 17.1 Å². The third kappa shape index (κ3) is 4.49. The summed E-state index contributed by atoms with van der Waals surface area (Å²) in [6.07, 6.45) is 0. The number of aryl methyl sites for hydroxylation is 1. The Morgan fingerprint density at radius 3 is 1.75 bits per heavy atom. The maximum atomic E-state index is 5.65. The summed E-state index contributed by atoms with van der Waals surface area (Å²) in [6, 6.07) is 25.7. The van der Waals surface area contributed by atoms with E-state index in [1.165, 1.54) is 57.3 Å². The lowest BCUT2D eigenvalue weighted by Crippen LogP contribution is -1.92. The van der Waals surface area contributed by atoms with E-state index < -0.39 is 0 Å². The minimum atomic E-state index is 0.411. The summed E-state index contributed by atoms with van der Waals surface area (Å²) >= 11 is 6.67. The van der Waals surface area contributed by atoms with Gasteiger partial charge in [-0.25, -0.2) is 0 Å². The zero-order chi connectivity index (χ0) is 24.5. The molecule has 6 rings (SSSR count). The first-order valence-corrected chi connectivity index (χ1v) is 14.5. The van der Waals surface area contributed by atoms with Gasteiger partial charge in [0.2, 0.25) is 0 Å². The molecule has 0 atom stereocenters. The largest absolute Gasteiger partial charge is 0.481 e. The van der Waals surface area contributed by atoms with Crippen LogP contribution in [0, 0.1) is 18.8 Å². The Bertz CT molecular complexity index is 1690. The van der Waals surface area contributed by atoms with Crippen molar-refractivity contribution in [2.24, 2.45) is 8.73 Å². The SMILES string of the molecule is CC#CCOc1ccc(-c2ccc(-c3sc(-c4ccc(-c5ccc(C)cc5)s4)c4c3N=S=N4)s2)cc1. The smallest absolute Gasteiger partial charge is 0.149 e. The summed E-state index contributed by atoms with van der Waals surface area (Å²) < 4.78 is 15.0. The summed E-state index contributed by atoms with van der Waals surface area (Å²) in [5, 5.41) is 0. The molecule has 0 spiro atoms. The average molecular weight is 541 g/mol. The third-order valence-corrected chi connectivity index (χ3v) is 10.1. The maximum absolute atomic E-state index is 5.65. The van der Waals surface area contributed by atoms with Crippen molar-refractivity contribution in [3.8, 4) is 58.0 Å². The van der Waals surface area contributed by atoms with Crippen molar-refractivity contribution in [3.63, 3.8) is 0 Å². The van der Waals surface area contributed by atoms with Crippen LogP contribution < -0.4 is 4.74 Å². The number of ether oxygens (including phenoxy) is 1. The molecule has 4 heterocycles. The molecule has 36 heavy (non-hydrogen) atoms. The van der Waals surface area contributed by atoms with E-state index in [1.54, 1.807) is 22.7 Å². The highest BCUT2D eigenvalue weighted by Gasteiger charge is 2.24. The first-order valence-electron chi connectivity index (χ1n) is 11.3. The van der Waals surface area contributed by atoms with Gasteiger partial charge in [-0.15, -0.1) is 39.9 Å². The minimum Gasteiger partial charge on any atom is -0.481 e. The first kappa shape index (κ1) is 23.1. The monoisotopic (exact) mass is 540 g/mol. The zero-order valence-corrected chi connectivity index (χ0v) is 22.8.